The Balaban J connectivity index is 1.95. The Morgan fingerprint density at radius 2 is 2.17 bits per heavy atom. The van der Waals surface area contributed by atoms with Crippen molar-refractivity contribution < 1.29 is 4.79 Å². The number of ketones is 1. The maximum Gasteiger partial charge on any atom is 0.158 e. The molecule has 66 valence electrons. The molecule has 1 nitrogen and oxygen atoms in total. The van der Waals surface area contributed by atoms with Gasteiger partial charge >= 0.3 is 0 Å². The van der Waals surface area contributed by atoms with Crippen molar-refractivity contribution >= 4 is 5.78 Å². The summed E-state index contributed by atoms with van der Waals surface area (Å²) in [6.45, 7) is 0. The highest BCUT2D eigenvalue weighted by Gasteiger charge is 2.40. The lowest BCUT2D eigenvalue weighted by atomic mass is 10.0. The quantitative estimate of drug-likeness (QED) is 0.538. The lowest BCUT2D eigenvalue weighted by molar-refractivity contribution is -0.116. The Hall–Kier alpha value is -0.590. The predicted octanol–water partition coefficient (Wildman–Crippen LogP) is 2.71. The highest BCUT2D eigenvalue weighted by Crippen LogP contribution is 2.43. The van der Waals surface area contributed by atoms with E-state index in [2.05, 4.69) is 6.08 Å². The van der Waals surface area contributed by atoms with Gasteiger partial charge in [-0.2, -0.15) is 0 Å². The number of hydrogen-bond donors (Lipinski definition) is 0. The Labute approximate surface area is 73.8 Å². The van der Waals surface area contributed by atoms with E-state index in [1.165, 1.54) is 32.1 Å². The van der Waals surface area contributed by atoms with E-state index in [4.69, 9.17) is 0 Å². The second-order valence-corrected chi connectivity index (χ2v) is 4.05. The standard InChI is InChI=1S/C11H16O/c12-11-7-5-3-1-2-4-6-9-8-10(9)11/h5,7,9-10H,1-4,6,8H2/b7-5+/t9-,10+/m1/s1. The molecule has 0 heterocycles. The molecule has 0 N–H and O–H groups in total. The first kappa shape index (κ1) is 8.03. The maximum absolute atomic E-state index is 11.4. The third-order valence-corrected chi connectivity index (χ3v) is 3.02. The number of hydrogen-bond acceptors (Lipinski definition) is 1. The van der Waals surface area contributed by atoms with Crippen molar-refractivity contribution in [1.29, 1.82) is 0 Å². The summed E-state index contributed by atoms with van der Waals surface area (Å²) in [6, 6.07) is 0. The second-order valence-electron chi connectivity index (χ2n) is 4.05. The van der Waals surface area contributed by atoms with Gasteiger partial charge in [0, 0.05) is 5.92 Å². The van der Waals surface area contributed by atoms with E-state index in [-0.39, 0.29) is 0 Å². The van der Waals surface area contributed by atoms with Gasteiger partial charge in [0.25, 0.3) is 0 Å². The van der Waals surface area contributed by atoms with Crippen molar-refractivity contribution in [2.24, 2.45) is 11.8 Å². The first-order valence-corrected chi connectivity index (χ1v) is 5.08. The third-order valence-electron chi connectivity index (χ3n) is 3.02. The normalized spacial score (nSPS) is 38.5. The molecular weight excluding hydrogens is 148 g/mol. The van der Waals surface area contributed by atoms with Crippen LogP contribution < -0.4 is 0 Å². The minimum Gasteiger partial charge on any atom is -0.295 e. The van der Waals surface area contributed by atoms with Crippen molar-refractivity contribution in [3.8, 4) is 0 Å². The maximum atomic E-state index is 11.4. The van der Waals surface area contributed by atoms with Crippen LogP contribution in [0.1, 0.15) is 38.5 Å². The van der Waals surface area contributed by atoms with Crippen LogP contribution in [0.2, 0.25) is 0 Å². The minimum atomic E-state index is 0.391. The van der Waals surface area contributed by atoms with Crippen molar-refractivity contribution in [2.45, 2.75) is 38.5 Å². The predicted molar refractivity (Wildman–Crippen MR) is 48.8 cm³/mol. The zero-order valence-corrected chi connectivity index (χ0v) is 7.46. The van der Waals surface area contributed by atoms with Gasteiger partial charge in [-0.25, -0.2) is 0 Å². The van der Waals surface area contributed by atoms with Gasteiger partial charge in [0.1, 0.15) is 0 Å². The van der Waals surface area contributed by atoms with Crippen LogP contribution in [0.4, 0.5) is 0 Å². The van der Waals surface area contributed by atoms with E-state index in [9.17, 15) is 4.79 Å². The summed E-state index contributed by atoms with van der Waals surface area (Å²) in [5.74, 6) is 1.56. The molecule has 0 unspecified atom stereocenters. The average molecular weight is 164 g/mol. The number of carbonyl (C=O) groups is 1. The molecule has 0 radical (unpaired) electrons. The van der Waals surface area contributed by atoms with Gasteiger partial charge in [0.15, 0.2) is 5.78 Å². The lowest BCUT2D eigenvalue weighted by Gasteiger charge is -2.00. The topological polar surface area (TPSA) is 17.1 Å². The summed E-state index contributed by atoms with van der Waals surface area (Å²) in [7, 11) is 0. The number of fused-ring (bicyclic) bond motifs is 1. The van der Waals surface area contributed by atoms with E-state index in [0.717, 1.165) is 12.3 Å². The molecule has 0 aliphatic heterocycles. The number of rotatable bonds is 0. The summed E-state index contributed by atoms with van der Waals surface area (Å²) >= 11 is 0. The van der Waals surface area contributed by atoms with E-state index in [1.54, 1.807) is 0 Å². The van der Waals surface area contributed by atoms with Crippen molar-refractivity contribution in [3.63, 3.8) is 0 Å². The van der Waals surface area contributed by atoms with Crippen LogP contribution in [0.3, 0.4) is 0 Å². The second kappa shape index (κ2) is 3.42. The molecule has 1 heteroatoms. The molecular formula is C11H16O. The first-order chi connectivity index (χ1) is 5.88. The summed E-state index contributed by atoms with van der Waals surface area (Å²) in [4.78, 5) is 11.4. The fourth-order valence-corrected chi connectivity index (χ4v) is 2.08. The van der Waals surface area contributed by atoms with Crippen molar-refractivity contribution in [2.75, 3.05) is 0 Å². The lowest BCUT2D eigenvalue weighted by Crippen LogP contribution is -1.98. The molecule has 0 aromatic carbocycles. The molecule has 0 saturated heterocycles. The Morgan fingerprint density at radius 3 is 3.08 bits per heavy atom. The van der Waals surface area contributed by atoms with Gasteiger partial charge in [-0.1, -0.05) is 18.9 Å². The van der Waals surface area contributed by atoms with Gasteiger partial charge in [-0.15, -0.1) is 0 Å². The summed E-state index contributed by atoms with van der Waals surface area (Å²) in [6.07, 6.45) is 11.4. The molecule has 2 atom stereocenters. The summed E-state index contributed by atoms with van der Waals surface area (Å²) in [5.41, 5.74) is 0. The molecule has 0 bridgehead atoms. The molecule has 0 amide bonds. The van der Waals surface area contributed by atoms with E-state index >= 15 is 0 Å². The Morgan fingerprint density at radius 1 is 1.25 bits per heavy atom. The van der Waals surface area contributed by atoms with Gasteiger partial charge in [-0.05, 0) is 37.7 Å². The minimum absolute atomic E-state index is 0.391. The van der Waals surface area contributed by atoms with Gasteiger partial charge < -0.3 is 0 Å². The first-order valence-electron chi connectivity index (χ1n) is 5.08. The zero-order chi connectivity index (χ0) is 8.39. The van der Waals surface area contributed by atoms with Crippen molar-refractivity contribution in [3.05, 3.63) is 12.2 Å². The van der Waals surface area contributed by atoms with Crippen LogP contribution in [-0.4, -0.2) is 5.78 Å². The van der Waals surface area contributed by atoms with Crippen LogP contribution in [0.15, 0.2) is 12.2 Å². The zero-order valence-electron chi connectivity index (χ0n) is 7.46. The molecule has 2 aliphatic rings. The molecule has 1 fully saturated rings. The van der Waals surface area contributed by atoms with E-state index < -0.39 is 0 Å². The van der Waals surface area contributed by atoms with Crippen molar-refractivity contribution in [1.82, 2.24) is 0 Å². The molecule has 0 aromatic rings. The highest BCUT2D eigenvalue weighted by atomic mass is 16.1. The summed E-state index contributed by atoms with van der Waals surface area (Å²) in [5, 5.41) is 0. The molecule has 1 saturated carbocycles. The van der Waals surface area contributed by atoms with Gasteiger partial charge in [0.2, 0.25) is 0 Å². The largest absolute Gasteiger partial charge is 0.295 e. The number of carbonyl (C=O) groups excluding carboxylic acids is 1. The Kier molecular flexibility index (Phi) is 2.29. The molecule has 12 heavy (non-hydrogen) atoms. The SMILES string of the molecule is O=C1/C=C/CCCCC[C@@H]2C[C@H]12. The van der Waals surface area contributed by atoms with Crippen LogP contribution in [0, 0.1) is 11.8 Å². The fraction of sp³-hybridized carbons (Fsp3) is 0.727. The highest BCUT2D eigenvalue weighted by molar-refractivity contribution is 5.93. The smallest absolute Gasteiger partial charge is 0.158 e. The van der Waals surface area contributed by atoms with Crippen LogP contribution in [0.5, 0.6) is 0 Å². The van der Waals surface area contributed by atoms with Gasteiger partial charge in [0.05, 0.1) is 0 Å². The molecule has 0 spiro atoms. The monoisotopic (exact) mass is 164 g/mol. The molecule has 2 rings (SSSR count). The molecule has 0 aromatic heterocycles. The number of allylic oxidation sites excluding steroid dienone is 2. The van der Waals surface area contributed by atoms with Crippen LogP contribution in [0.25, 0.3) is 0 Å². The Bertz CT molecular complexity index is 205. The summed E-state index contributed by atoms with van der Waals surface area (Å²) < 4.78 is 0. The average Bonchev–Trinajstić information content (AvgIpc) is 2.82. The van der Waals surface area contributed by atoms with E-state index in [0.29, 0.717) is 11.7 Å². The fourth-order valence-electron chi connectivity index (χ4n) is 2.08. The third kappa shape index (κ3) is 1.77. The van der Waals surface area contributed by atoms with E-state index in [1.807, 2.05) is 6.08 Å². The van der Waals surface area contributed by atoms with Crippen LogP contribution in [-0.2, 0) is 4.79 Å². The van der Waals surface area contributed by atoms with Crippen LogP contribution >= 0.6 is 0 Å². The molecule has 2 aliphatic carbocycles. The van der Waals surface area contributed by atoms with Gasteiger partial charge in [-0.3, -0.25) is 4.79 Å².